The third-order valence-corrected chi connectivity index (χ3v) is 4.87. The number of carbonyl (C=O) groups excluding carboxylic acids is 1. The highest BCUT2D eigenvalue weighted by Gasteiger charge is 2.22. The lowest BCUT2D eigenvalue weighted by atomic mass is 10.1. The van der Waals surface area contributed by atoms with Gasteiger partial charge in [0.1, 0.15) is 5.75 Å². The van der Waals surface area contributed by atoms with Gasteiger partial charge in [-0.15, -0.1) is 0 Å². The molecule has 1 fully saturated rings. The lowest BCUT2D eigenvalue weighted by Gasteiger charge is -2.34. The molecule has 4 rings (SSSR count). The molecular weight excluding hydrogens is 350 g/mol. The number of aromatic nitrogens is 1. The predicted molar refractivity (Wildman–Crippen MR) is 108 cm³/mol. The molecule has 0 unspecified atom stereocenters. The minimum absolute atomic E-state index is 0.0729. The Kier molecular flexibility index (Phi) is 5.64. The number of amides is 1. The molecule has 0 N–H and O–H groups in total. The summed E-state index contributed by atoms with van der Waals surface area (Å²) >= 11 is 0. The van der Waals surface area contributed by atoms with Crippen LogP contribution in [0, 0.1) is 0 Å². The Morgan fingerprint density at radius 1 is 0.857 bits per heavy atom. The summed E-state index contributed by atoms with van der Waals surface area (Å²) in [5, 5.41) is 0. The smallest absolute Gasteiger partial charge is 0.253 e. The molecule has 5 nitrogen and oxygen atoms in total. The summed E-state index contributed by atoms with van der Waals surface area (Å²) in [6.45, 7) is 4.21. The van der Waals surface area contributed by atoms with Crippen LogP contribution in [-0.2, 0) is 6.54 Å². The van der Waals surface area contributed by atoms with Crippen LogP contribution in [0.1, 0.15) is 15.9 Å². The molecule has 2 aromatic carbocycles. The molecule has 1 amide bonds. The molecule has 0 saturated carbocycles. The van der Waals surface area contributed by atoms with Crippen LogP contribution in [0.3, 0.4) is 0 Å². The van der Waals surface area contributed by atoms with Crippen molar-refractivity contribution in [1.82, 2.24) is 14.8 Å². The van der Waals surface area contributed by atoms with Crippen LogP contribution in [0.15, 0.2) is 79.0 Å². The predicted octanol–water partition coefficient (Wildman–Crippen LogP) is 3.83. The molecule has 3 aromatic rings. The summed E-state index contributed by atoms with van der Waals surface area (Å²) in [6, 6.07) is 23.2. The zero-order valence-corrected chi connectivity index (χ0v) is 15.7. The van der Waals surface area contributed by atoms with Crippen molar-refractivity contribution in [2.24, 2.45) is 0 Å². The summed E-state index contributed by atoms with van der Waals surface area (Å²) in [7, 11) is 0. The molecule has 1 aliphatic rings. The van der Waals surface area contributed by atoms with Crippen molar-refractivity contribution in [2.75, 3.05) is 26.2 Å². The Balaban J connectivity index is 1.31. The molecule has 0 bridgehead atoms. The molecular formula is C23H23N3O2. The van der Waals surface area contributed by atoms with Gasteiger partial charge < -0.3 is 9.64 Å². The molecule has 2 heterocycles. The Hall–Kier alpha value is -3.18. The standard InChI is InChI=1S/C23H23N3O2/c27-23(20-9-11-21(12-10-20)28-22-8-4-5-13-24-22)26-16-14-25(15-17-26)18-19-6-2-1-3-7-19/h1-13H,14-18H2. The molecule has 0 radical (unpaired) electrons. The van der Waals surface area contributed by atoms with Crippen LogP contribution in [0.25, 0.3) is 0 Å². The monoisotopic (exact) mass is 373 g/mol. The molecule has 0 atom stereocenters. The lowest BCUT2D eigenvalue weighted by Crippen LogP contribution is -2.48. The minimum atomic E-state index is 0.0729. The first-order chi connectivity index (χ1) is 13.8. The Morgan fingerprint density at radius 3 is 2.25 bits per heavy atom. The van der Waals surface area contributed by atoms with E-state index in [-0.39, 0.29) is 5.91 Å². The first kappa shape index (κ1) is 18.2. The van der Waals surface area contributed by atoms with Gasteiger partial charge in [-0.3, -0.25) is 9.69 Å². The average molecular weight is 373 g/mol. The van der Waals surface area contributed by atoms with E-state index in [9.17, 15) is 4.79 Å². The topological polar surface area (TPSA) is 45.7 Å². The van der Waals surface area contributed by atoms with Crippen LogP contribution in [0.2, 0.25) is 0 Å². The molecule has 142 valence electrons. The molecule has 1 aliphatic heterocycles. The number of ether oxygens (including phenoxy) is 1. The van der Waals surface area contributed by atoms with E-state index in [0.717, 1.165) is 32.7 Å². The van der Waals surface area contributed by atoms with E-state index in [1.54, 1.807) is 12.3 Å². The van der Waals surface area contributed by atoms with E-state index in [2.05, 4.69) is 34.1 Å². The van der Waals surface area contributed by atoms with Crippen molar-refractivity contribution in [3.8, 4) is 11.6 Å². The normalized spacial score (nSPS) is 14.6. The molecule has 28 heavy (non-hydrogen) atoms. The summed E-state index contributed by atoms with van der Waals surface area (Å²) in [5.41, 5.74) is 2.00. The van der Waals surface area contributed by atoms with Gasteiger partial charge in [0.25, 0.3) is 5.91 Å². The summed E-state index contributed by atoms with van der Waals surface area (Å²) in [6.07, 6.45) is 1.69. The summed E-state index contributed by atoms with van der Waals surface area (Å²) in [4.78, 5) is 21.2. The largest absolute Gasteiger partial charge is 0.439 e. The molecule has 5 heteroatoms. The number of hydrogen-bond acceptors (Lipinski definition) is 4. The van der Waals surface area contributed by atoms with Crippen LogP contribution in [0.4, 0.5) is 0 Å². The van der Waals surface area contributed by atoms with Crippen LogP contribution in [-0.4, -0.2) is 46.9 Å². The van der Waals surface area contributed by atoms with Gasteiger partial charge in [-0.2, -0.15) is 0 Å². The number of hydrogen-bond donors (Lipinski definition) is 0. The van der Waals surface area contributed by atoms with Gasteiger partial charge in [0, 0.05) is 50.6 Å². The minimum Gasteiger partial charge on any atom is -0.439 e. The third kappa shape index (κ3) is 4.56. The second-order valence-electron chi connectivity index (χ2n) is 6.85. The van der Waals surface area contributed by atoms with E-state index < -0.39 is 0 Å². The van der Waals surface area contributed by atoms with Gasteiger partial charge in [0.2, 0.25) is 5.88 Å². The van der Waals surface area contributed by atoms with Crippen molar-refractivity contribution in [3.63, 3.8) is 0 Å². The van der Waals surface area contributed by atoms with Gasteiger partial charge >= 0.3 is 0 Å². The Morgan fingerprint density at radius 2 is 1.57 bits per heavy atom. The maximum atomic E-state index is 12.8. The first-order valence-electron chi connectivity index (χ1n) is 9.52. The van der Waals surface area contributed by atoms with E-state index in [1.807, 2.05) is 47.4 Å². The second-order valence-corrected chi connectivity index (χ2v) is 6.85. The van der Waals surface area contributed by atoms with Crippen molar-refractivity contribution in [1.29, 1.82) is 0 Å². The lowest BCUT2D eigenvalue weighted by molar-refractivity contribution is 0.0628. The van der Waals surface area contributed by atoms with Crippen LogP contribution < -0.4 is 4.74 Å². The van der Waals surface area contributed by atoms with Crippen LogP contribution in [0.5, 0.6) is 11.6 Å². The first-order valence-corrected chi connectivity index (χ1v) is 9.52. The zero-order chi connectivity index (χ0) is 19.2. The molecule has 1 aromatic heterocycles. The van der Waals surface area contributed by atoms with Gasteiger partial charge in [0.15, 0.2) is 0 Å². The van der Waals surface area contributed by atoms with Crippen molar-refractivity contribution < 1.29 is 9.53 Å². The number of pyridine rings is 1. The number of rotatable bonds is 5. The van der Waals surface area contributed by atoms with E-state index in [0.29, 0.717) is 17.2 Å². The third-order valence-electron chi connectivity index (χ3n) is 4.87. The van der Waals surface area contributed by atoms with E-state index >= 15 is 0 Å². The number of nitrogens with zero attached hydrogens (tertiary/aromatic N) is 3. The molecule has 0 aliphatic carbocycles. The fourth-order valence-electron chi connectivity index (χ4n) is 3.33. The Bertz CT molecular complexity index is 890. The fourth-order valence-corrected chi connectivity index (χ4v) is 3.33. The van der Waals surface area contributed by atoms with Crippen LogP contribution >= 0.6 is 0 Å². The number of carbonyl (C=O) groups is 1. The highest BCUT2D eigenvalue weighted by atomic mass is 16.5. The van der Waals surface area contributed by atoms with Gasteiger partial charge in [-0.25, -0.2) is 4.98 Å². The number of benzene rings is 2. The van der Waals surface area contributed by atoms with Gasteiger partial charge in [-0.05, 0) is 35.9 Å². The van der Waals surface area contributed by atoms with Crippen molar-refractivity contribution >= 4 is 5.91 Å². The fraction of sp³-hybridized carbons (Fsp3) is 0.217. The highest BCUT2D eigenvalue weighted by molar-refractivity contribution is 5.94. The molecule has 1 saturated heterocycles. The quantitative estimate of drug-likeness (QED) is 0.682. The second kappa shape index (κ2) is 8.67. The highest BCUT2D eigenvalue weighted by Crippen LogP contribution is 2.20. The van der Waals surface area contributed by atoms with Crippen molar-refractivity contribution in [3.05, 3.63) is 90.1 Å². The summed E-state index contributed by atoms with van der Waals surface area (Å²) in [5.74, 6) is 1.28. The van der Waals surface area contributed by atoms with E-state index in [4.69, 9.17) is 4.74 Å². The van der Waals surface area contributed by atoms with Gasteiger partial charge in [-0.1, -0.05) is 36.4 Å². The maximum absolute atomic E-state index is 12.8. The SMILES string of the molecule is O=C(c1ccc(Oc2ccccn2)cc1)N1CCN(Cc2ccccc2)CC1. The number of piperazine rings is 1. The Labute approximate surface area is 165 Å². The maximum Gasteiger partial charge on any atom is 0.253 e. The van der Waals surface area contributed by atoms with Crippen molar-refractivity contribution in [2.45, 2.75) is 6.54 Å². The molecule has 0 spiro atoms. The zero-order valence-electron chi connectivity index (χ0n) is 15.7. The van der Waals surface area contributed by atoms with Gasteiger partial charge in [0.05, 0.1) is 0 Å². The van der Waals surface area contributed by atoms with E-state index in [1.165, 1.54) is 5.56 Å². The summed E-state index contributed by atoms with van der Waals surface area (Å²) < 4.78 is 5.69. The average Bonchev–Trinajstić information content (AvgIpc) is 2.76.